The van der Waals surface area contributed by atoms with Gasteiger partial charge in [-0.2, -0.15) is 0 Å². The Morgan fingerprint density at radius 1 is 1.12 bits per heavy atom. The Bertz CT molecular complexity index is 202. The fourth-order valence-electron chi connectivity index (χ4n) is 1.69. The van der Waals surface area contributed by atoms with Gasteiger partial charge in [-0.25, -0.2) is 0 Å². The van der Waals surface area contributed by atoms with E-state index in [9.17, 15) is 15.3 Å². The number of ether oxygens (including phenoxy) is 1. The third kappa shape index (κ3) is 3.13. The lowest BCUT2D eigenvalue weighted by molar-refractivity contribution is -0.236. The first-order valence-corrected chi connectivity index (χ1v) is 5.65. The van der Waals surface area contributed by atoms with Gasteiger partial charge in [0, 0.05) is 0 Å². The average Bonchev–Trinajstić information content (AvgIpc) is 2.29. The van der Waals surface area contributed by atoms with E-state index in [0.717, 1.165) is 12.8 Å². The third-order valence-electron chi connectivity index (χ3n) is 2.77. The Kier molecular flexibility index (Phi) is 5.60. The van der Waals surface area contributed by atoms with Crippen LogP contribution in [0.25, 0.3) is 0 Å². The van der Waals surface area contributed by atoms with E-state index >= 15 is 0 Å². The highest BCUT2D eigenvalue weighted by Crippen LogP contribution is 2.19. The summed E-state index contributed by atoms with van der Waals surface area (Å²) in [6.45, 7) is 2.30. The van der Waals surface area contributed by atoms with Crippen LogP contribution in [0.4, 0.5) is 0 Å². The Balaban J connectivity index is 2.50. The maximum Gasteiger partial charge on any atom is 0.137 e. The molecule has 96 valence electrons. The second-order valence-electron chi connectivity index (χ2n) is 4.06. The van der Waals surface area contributed by atoms with Crippen molar-refractivity contribution < 1.29 is 25.2 Å². The third-order valence-corrected chi connectivity index (χ3v) is 2.77. The van der Waals surface area contributed by atoms with Gasteiger partial charge in [0.15, 0.2) is 0 Å². The van der Waals surface area contributed by atoms with Crippen molar-refractivity contribution in [2.24, 2.45) is 0 Å². The maximum atomic E-state index is 9.64. The summed E-state index contributed by atoms with van der Waals surface area (Å²) in [6, 6.07) is 0. The van der Waals surface area contributed by atoms with Gasteiger partial charge in [0.05, 0.1) is 6.61 Å². The summed E-state index contributed by atoms with van der Waals surface area (Å²) in [5, 5.41) is 40.5. The van der Waals surface area contributed by atoms with Crippen LogP contribution in [0.1, 0.15) is 19.8 Å². The minimum absolute atomic E-state index is 0.392. The molecule has 0 radical (unpaired) electrons. The summed E-state index contributed by atoms with van der Waals surface area (Å²) >= 11 is 0. The molecule has 5 atom stereocenters. The fourth-order valence-corrected chi connectivity index (χ4v) is 1.69. The molecule has 1 saturated heterocycles. The molecule has 6 heteroatoms. The van der Waals surface area contributed by atoms with Crippen LogP contribution in [0.15, 0.2) is 0 Å². The Morgan fingerprint density at radius 2 is 1.81 bits per heavy atom. The number of hydrogen-bond donors (Lipinski definition) is 5. The smallest absolute Gasteiger partial charge is 0.137 e. The van der Waals surface area contributed by atoms with Gasteiger partial charge in [0.1, 0.15) is 30.6 Å². The van der Waals surface area contributed by atoms with Crippen LogP contribution in [0.3, 0.4) is 0 Å². The number of rotatable bonds is 5. The summed E-state index contributed by atoms with van der Waals surface area (Å²) in [7, 11) is 0. The quantitative estimate of drug-likeness (QED) is 0.359. The molecule has 1 heterocycles. The van der Waals surface area contributed by atoms with E-state index < -0.39 is 37.3 Å². The molecule has 1 aliphatic heterocycles. The molecule has 5 N–H and O–H groups in total. The lowest BCUT2D eigenvalue weighted by atomic mass is 9.98. The molecular weight excluding hydrogens is 214 g/mol. The largest absolute Gasteiger partial charge is 0.394 e. The standard InChI is InChI=1S/C10H21NO5/c1-2-3-4-11-10-9(15)8(14)7(13)6(5-12)16-10/h6-15H,2-5H2,1H3/t6-,7-,8+,9-,10?/m0/s1. The van der Waals surface area contributed by atoms with E-state index in [1.54, 1.807) is 0 Å². The minimum atomic E-state index is -1.30. The number of nitrogens with one attached hydrogen (secondary N) is 1. The SMILES string of the molecule is CCCCNC1O[C@@H](CO)[C@H](O)[C@@H](O)[C@@H]1O. The molecule has 0 aromatic heterocycles. The van der Waals surface area contributed by atoms with Crippen LogP contribution in [0, 0.1) is 0 Å². The normalized spacial score (nSPS) is 39.9. The predicted octanol–water partition coefficient (Wildman–Crippen LogP) is -1.82. The molecule has 0 aliphatic carbocycles. The van der Waals surface area contributed by atoms with Crippen molar-refractivity contribution in [2.75, 3.05) is 13.2 Å². The molecule has 0 amide bonds. The first kappa shape index (κ1) is 13.8. The van der Waals surface area contributed by atoms with Crippen molar-refractivity contribution >= 4 is 0 Å². The first-order chi connectivity index (χ1) is 7.61. The molecule has 6 nitrogen and oxygen atoms in total. The number of aliphatic hydroxyl groups is 4. The highest BCUT2D eigenvalue weighted by Gasteiger charge is 2.42. The molecule has 16 heavy (non-hydrogen) atoms. The highest BCUT2D eigenvalue weighted by atomic mass is 16.6. The molecule has 0 spiro atoms. The van der Waals surface area contributed by atoms with Gasteiger partial charge >= 0.3 is 0 Å². The zero-order chi connectivity index (χ0) is 12.1. The number of unbranched alkanes of at least 4 members (excludes halogenated alkanes) is 1. The van der Waals surface area contributed by atoms with Gasteiger partial charge in [0.2, 0.25) is 0 Å². The minimum Gasteiger partial charge on any atom is -0.394 e. The molecule has 1 unspecified atom stereocenters. The molecule has 0 saturated carbocycles. The summed E-state index contributed by atoms with van der Waals surface area (Å²) in [5.74, 6) is 0. The van der Waals surface area contributed by atoms with Crippen molar-refractivity contribution in [3.05, 3.63) is 0 Å². The Labute approximate surface area is 94.9 Å². The van der Waals surface area contributed by atoms with Crippen molar-refractivity contribution in [1.29, 1.82) is 0 Å². The van der Waals surface area contributed by atoms with Gasteiger partial charge in [0.25, 0.3) is 0 Å². The Hall–Kier alpha value is -0.240. The molecule has 0 bridgehead atoms. The van der Waals surface area contributed by atoms with Gasteiger partial charge in [-0.1, -0.05) is 13.3 Å². The fraction of sp³-hybridized carbons (Fsp3) is 1.00. The van der Waals surface area contributed by atoms with Gasteiger partial charge in [-0.15, -0.1) is 0 Å². The van der Waals surface area contributed by atoms with Crippen LogP contribution < -0.4 is 5.32 Å². The molecular formula is C10H21NO5. The summed E-state index contributed by atoms with van der Waals surface area (Å²) in [6.07, 6.45) is -3.43. The van der Waals surface area contributed by atoms with E-state index in [0.29, 0.717) is 6.54 Å². The molecule has 1 fully saturated rings. The zero-order valence-corrected chi connectivity index (χ0v) is 9.41. The topological polar surface area (TPSA) is 102 Å². The van der Waals surface area contributed by atoms with Gasteiger partial charge in [-0.3, -0.25) is 5.32 Å². The summed E-state index contributed by atoms with van der Waals surface area (Å²) in [5.41, 5.74) is 0. The van der Waals surface area contributed by atoms with E-state index in [-0.39, 0.29) is 0 Å². The second kappa shape index (κ2) is 6.48. The first-order valence-electron chi connectivity index (χ1n) is 5.65. The molecule has 0 aromatic rings. The van der Waals surface area contributed by atoms with Crippen molar-refractivity contribution in [1.82, 2.24) is 5.32 Å². The summed E-state index contributed by atoms with van der Waals surface area (Å²) in [4.78, 5) is 0. The molecule has 0 aromatic carbocycles. The van der Waals surface area contributed by atoms with E-state index in [4.69, 9.17) is 9.84 Å². The highest BCUT2D eigenvalue weighted by molar-refractivity contribution is 4.90. The van der Waals surface area contributed by atoms with Crippen LogP contribution in [0.2, 0.25) is 0 Å². The van der Waals surface area contributed by atoms with Crippen molar-refractivity contribution in [3.8, 4) is 0 Å². The van der Waals surface area contributed by atoms with E-state index in [1.807, 2.05) is 6.92 Å². The monoisotopic (exact) mass is 235 g/mol. The van der Waals surface area contributed by atoms with Crippen LogP contribution in [-0.2, 0) is 4.74 Å². The van der Waals surface area contributed by atoms with Crippen molar-refractivity contribution in [2.45, 2.75) is 50.4 Å². The van der Waals surface area contributed by atoms with Gasteiger partial charge < -0.3 is 25.2 Å². The lowest BCUT2D eigenvalue weighted by Crippen LogP contribution is -2.62. The average molecular weight is 235 g/mol. The number of hydrogen-bond acceptors (Lipinski definition) is 6. The van der Waals surface area contributed by atoms with Crippen LogP contribution in [0.5, 0.6) is 0 Å². The second-order valence-corrected chi connectivity index (χ2v) is 4.06. The zero-order valence-electron chi connectivity index (χ0n) is 9.41. The molecule has 1 aliphatic rings. The van der Waals surface area contributed by atoms with Crippen molar-refractivity contribution in [3.63, 3.8) is 0 Å². The van der Waals surface area contributed by atoms with E-state index in [1.165, 1.54) is 0 Å². The summed E-state index contributed by atoms with van der Waals surface area (Å²) < 4.78 is 5.26. The predicted molar refractivity (Wildman–Crippen MR) is 56.7 cm³/mol. The number of aliphatic hydroxyl groups excluding tert-OH is 4. The van der Waals surface area contributed by atoms with Crippen LogP contribution >= 0.6 is 0 Å². The maximum absolute atomic E-state index is 9.64. The van der Waals surface area contributed by atoms with E-state index in [2.05, 4.69) is 5.32 Å². The van der Waals surface area contributed by atoms with Crippen LogP contribution in [-0.4, -0.2) is 64.2 Å². The lowest BCUT2D eigenvalue weighted by Gasteiger charge is -2.40. The van der Waals surface area contributed by atoms with Gasteiger partial charge in [-0.05, 0) is 13.0 Å². The Morgan fingerprint density at radius 3 is 2.38 bits per heavy atom. The molecule has 1 rings (SSSR count).